The van der Waals surface area contributed by atoms with Crippen LogP contribution in [-0.4, -0.2) is 30.4 Å². The van der Waals surface area contributed by atoms with E-state index in [2.05, 4.69) is 15.5 Å². The van der Waals surface area contributed by atoms with Crippen LogP contribution < -0.4 is 5.32 Å². The first-order chi connectivity index (χ1) is 12.9. The van der Waals surface area contributed by atoms with Gasteiger partial charge in [-0.25, -0.2) is 4.39 Å². The van der Waals surface area contributed by atoms with E-state index in [1.54, 1.807) is 13.0 Å². The van der Waals surface area contributed by atoms with Crippen LogP contribution in [0.5, 0.6) is 0 Å². The van der Waals surface area contributed by atoms with E-state index in [0.717, 1.165) is 6.20 Å². The van der Waals surface area contributed by atoms with Crippen molar-refractivity contribution in [3.8, 4) is 0 Å². The third-order valence-electron chi connectivity index (χ3n) is 3.80. The van der Waals surface area contributed by atoms with E-state index in [1.807, 2.05) is 0 Å². The lowest BCUT2D eigenvalue weighted by Gasteiger charge is -2.06. The molecule has 9 nitrogen and oxygen atoms in total. The Morgan fingerprint density at radius 3 is 2.85 bits per heavy atom. The van der Waals surface area contributed by atoms with Gasteiger partial charge in [-0.15, -0.1) is 0 Å². The molecule has 140 valence electrons. The number of hydrogen-bond acceptors (Lipinski definition) is 5. The van der Waals surface area contributed by atoms with Gasteiger partial charge in [0.15, 0.2) is 5.82 Å². The van der Waals surface area contributed by atoms with Gasteiger partial charge < -0.3 is 5.32 Å². The SMILES string of the molecule is CCn1ncc([N+](=O)[O-])c1C(=O)Nc1ccn(Cc2c(F)cccc2Cl)n1. The largest absolute Gasteiger partial charge is 0.320 e. The zero-order valence-electron chi connectivity index (χ0n) is 14.1. The monoisotopic (exact) mass is 392 g/mol. The smallest absolute Gasteiger partial charge is 0.304 e. The number of halogens is 2. The molecule has 2 heterocycles. The van der Waals surface area contributed by atoms with Gasteiger partial charge in [0.05, 0.1) is 11.5 Å². The van der Waals surface area contributed by atoms with E-state index in [9.17, 15) is 19.3 Å². The highest BCUT2D eigenvalue weighted by molar-refractivity contribution is 6.31. The molecule has 0 bridgehead atoms. The molecule has 0 unspecified atom stereocenters. The van der Waals surface area contributed by atoms with Gasteiger partial charge >= 0.3 is 5.69 Å². The fraction of sp³-hybridized carbons (Fsp3) is 0.188. The number of nitrogens with zero attached hydrogens (tertiary/aromatic N) is 5. The number of carbonyl (C=O) groups excluding carboxylic acids is 1. The highest BCUT2D eigenvalue weighted by atomic mass is 35.5. The summed E-state index contributed by atoms with van der Waals surface area (Å²) in [6, 6.07) is 5.85. The fourth-order valence-electron chi connectivity index (χ4n) is 2.52. The van der Waals surface area contributed by atoms with E-state index >= 15 is 0 Å². The molecule has 0 saturated heterocycles. The van der Waals surface area contributed by atoms with Crippen LogP contribution in [0.4, 0.5) is 15.9 Å². The molecule has 1 aromatic carbocycles. The van der Waals surface area contributed by atoms with Gasteiger partial charge in [0.25, 0.3) is 5.91 Å². The summed E-state index contributed by atoms with van der Waals surface area (Å²) in [7, 11) is 0. The highest BCUT2D eigenvalue weighted by Crippen LogP contribution is 2.21. The summed E-state index contributed by atoms with van der Waals surface area (Å²) in [5, 5.41) is 21.8. The second-order valence-corrected chi connectivity index (χ2v) is 5.91. The Hall–Kier alpha value is -3.27. The maximum absolute atomic E-state index is 13.9. The van der Waals surface area contributed by atoms with Crippen LogP contribution in [0, 0.1) is 15.9 Å². The van der Waals surface area contributed by atoms with Gasteiger partial charge in [-0.2, -0.15) is 10.2 Å². The Morgan fingerprint density at radius 2 is 2.19 bits per heavy atom. The van der Waals surface area contributed by atoms with Crippen molar-refractivity contribution < 1.29 is 14.1 Å². The predicted octanol–water partition coefficient (Wildman–Crippen LogP) is 3.10. The molecule has 1 amide bonds. The first-order valence-electron chi connectivity index (χ1n) is 7.88. The molecule has 0 radical (unpaired) electrons. The van der Waals surface area contributed by atoms with Gasteiger partial charge in [-0.05, 0) is 19.1 Å². The van der Waals surface area contributed by atoms with E-state index in [4.69, 9.17) is 11.6 Å². The van der Waals surface area contributed by atoms with Gasteiger partial charge in [0.1, 0.15) is 12.0 Å². The van der Waals surface area contributed by atoms with Crippen molar-refractivity contribution >= 4 is 29.0 Å². The molecule has 0 spiro atoms. The third kappa shape index (κ3) is 3.80. The van der Waals surface area contributed by atoms with E-state index in [0.29, 0.717) is 0 Å². The zero-order valence-corrected chi connectivity index (χ0v) is 14.9. The van der Waals surface area contributed by atoms with Crippen molar-refractivity contribution in [1.29, 1.82) is 0 Å². The number of rotatable bonds is 6. The average Bonchev–Trinajstić information content (AvgIpc) is 3.24. The predicted molar refractivity (Wildman–Crippen MR) is 95.2 cm³/mol. The average molecular weight is 393 g/mol. The first-order valence-corrected chi connectivity index (χ1v) is 8.26. The molecular formula is C16H14ClFN6O3. The number of amides is 1. The summed E-state index contributed by atoms with van der Waals surface area (Å²) >= 11 is 5.99. The minimum Gasteiger partial charge on any atom is -0.304 e. The first kappa shape index (κ1) is 18.5. The van der Waals surface area contributed by atoms with E-state index in [-0.39, 0.29) is 35.2 Å². The Bertz CT molecular complexity index is 995. The molecule has 27 heavy (non-hydrogen) atoms. The molecule has 0 aliphatic heterocycles. The summed E-state index contributed by atoms with van der Waals surface area (Å²) < 4.78 is 16.5. The second kappa shape index (κ2) is 7.54. The van der Waals surface area contributed by atoms with E-state index < -0.39 is 22.3 Å². The minimum atomic E-state index is -0.713. The lowest BCUT2D eigenvalue weighted by molar-refractivity contribution is -0.385. The van der Waals surface area contributed by atoms with Crippen molar-refractivity contribution in [2.24, 2.45) is 0 Å². The molecule has 2 aromatic heterocycles. The Labute approximate surface area is 157 Å². The Kier molecular flexibility index (Phi) is 5.17. The van der Waals surface area contributed by atoms with Gasteiger partial charge in [0.2, 0.25) is 5.69 Å². The maximum atomic E-state index is 13.9. The molecule has 0 aliphatic rings. The molecule has 1 N–H and O–H groups in total. The van der Waals surface area contributed by atoms with Crippen molar-refractivity contribution in [2.45, 2.75) is 20.0 Å². The normalized spacial score (nSPS) is 10.8. The standard InChI is InChI=1S/C16H14ClFN6O3/c1-2-23-15(13(8-19-23)24(26)27)16(25)20-14-6-7-22(21-14)9-10-11(17)4-3-5-12(10)18/h3-8H,2,9H2,1H3,(H,20,21,25). The Morgan fingerprint density at radius 1 is 1.41 bits per heavy atom. The lowest BCUT2D eigenvalue weighted by Crippen LogP contribution is -2.19. The maximum Gasteiger partial charge on any atom is 0.320 e. The van der Waals surface area contributed by atoms with Crippen LogP contribution in [0.15, 0.2) is 36.7 Å². The zero-order chi connectivity index (χ0) is 19.6. The van der Waals surface area contributed by atoms with Gasteiger partial charge in [-0.1, -0.05) is 17.7 Å². The van der Waals surface area contributed by atoms with Crippen molar-refractivity contribution in [3.63, 3.8) is 0 Å². The summed E-state index contributed by atoms with van der Waals surface area (Å²) in [6.07, 6.45) is 2.56. The molecule has 11 heteroatoms. The fourth-order valence-corrected chi connectivity index (χ4v) is 2.74. The highest BCUT2D eigenvalue weighted by Gasteiger charge is 2.26. The number of benzene rings is 1. The number of anilines is 1. The van der Waals surface area contributed by atoms with Crippen LogP contribution in [0.2, 0.25) is 5.02 Å². The summed E-state index contributed by atoms with van der Waals surface area (Å²) in [5.41, 5.74) is -0.305. The molecule has 0 fully saturated rings. The number of nitro groups is 1. The summed E-state index contributed by atoms with van der Waals surface area (Å²) in [6.45, 7) is 2.06. The number of carbonyl (C=O) groups is 1. The molecular weight excluding hydrogens is 379 g/mol. The topological polar surface area (TPSA) is 108 Å². The number of nitrogens with one attached hydrogen (secondary N) is 1. The number of aryl methyl sites for hydroxylation is 1. The van der Waals surface area contributed by atoms with E-state index in [1.165, 1.54) is 33.8 Å². The van der Waals surface area contributed by atoms with Crippen LogP contribution in [0.1, 0.15) is 23.0 Å². The Balaban J connectivity index is 1.79. The van der Waals surface area contributed by atoms with Crippen LogP contribution in [-0.2, 0) is 13.1 Å². The second-order valence-electron chi connectivity index (χ2n) is 5.50. The van der Waals surface area contributed by atoms with Crippen molar-refractivity contribution in [3.05, 3.63) is 68.9 Å². The van der Waals surface area contributed by atoms with Crippen LogP contribution in [0.3, 0.4) is 0 Å². The summed E-state index contributed by atoms with van der Waals surface area (Å²) in [4.78, 5) is 22.9. The molecule has 0 atom stereocenters. The van der Waals surface area contributed by atoms with Crippen molar-refractivity contribution in [1.82, 2.24) is 19.6 Å². The third-order valence-corrected chi connectivity index (χ3v) is 4.15. The van der Waals surface area contributed by atoms with Crippen LogP contribution >= 0.6 is 11.6 Å². The number of aromatic nitrogens is 4. The van der Waals surface area contributed by atoms with Gasteiger partial charge in [-0.3, -0.25) is 24.3 Å². The molecule has 3 aromatic rings. The minimum absolute atomic E-state index is 0.0639. The van der Waals surface area contributed by atoms with Crippen molar-refractivity contribution in [2.75, 3.05) is 5.32 Å². The van der Waals surface area contributed by atoms with Gasteiger partial charge in [0, 0.05) is 29.4 Å². The summed E-state index contributed by atoms with van der Waals surface area (Å²) in [5.74, 6) is -1.02. The molecule has 0 aliphatic carbocycles. The molecule has 0 saturated carbocycles. The number of hydrogen-bond donors (Lipinski definition) is 1. The quantitative estimate of drug-likeness (QED) is 0.512. The molecule has 3 rings (SSSR count). The lowest BCUT2D eigenvalue weighted by atomic mass is 10.2. The van der Waals surface area contributed by atoms with Crippen LogP contribution in [0.25, 0.3) is 0 Å².